The third-order valence-corrected chi connectivity index (χ3v) is 3.21. The zero-order valence-electron chi connectivity index (χ0n) is 10.9. The van der Waals surface area contributed by atoms with E-state index in [4.69, 9.17) is 4.74 Å². The highest BCUT2D eigenvalue weighted by Gasteiger charge is 2.09. The van der Waals surface area contributed by atoms with Crippen molar-refractivity contribution in [1.29, 1.82) is 0 Å². The number of aliphatic hydroxyl groups excluding tert-OH is 1. The quantitative estimate of drug-likeness (QED) is 0.931. The highest BCUT2D eigenvalue weighted by molar-refractivity contribution is 9.10. The minimum absolute atomic E-state index is 0.426. The lowest BCUT2D eigenvalue weighted by atomic mass is 10.1. The molecule has 2 rings (SSSR count). The van der Waals surface area contributed by atoms with Gasteiger partial charge in [-0.1, -0.05) is 12.1 Å². The van der Waals surface area contributed by atoms with Crippen molar-refractivity contribution in [2.24, 2.45) is 0 Å². The number of ether oxygens (including phenoxy) is 1. The van der Waals surface area contributed by atoms with Crippen molar-refractivity contribution >= 4 is 15.9 Å². The lowest BCUT2D eigenvalue weighted by Gasteiger charge is -2.14. The Kier molecular flexibility index (Phi) is 4.56. The molecule has 3 nitrogen and oxygen atoms in total. The van der Waals surface area contributed by atoms with Crippen molar-refractivity contribution in [2.75, 3.05) is 0 Å². The SMILES string of the molecule is Cc1ccc([C@H](C)O)c(OCc2cncc(Br)c2)c1. The van der Waals surface area contributed by atoms with Crippen LogP contribution in [0.1, 0.15) is 29.7 Å². The number of aryl methyl sites for hydroxylation is 1. The van der Waals surface area contributed by atoms with E-state index in [1.54, 1.807) is 19.3 Å². The van der Waals surface area contributed by atoms with Gasteiger partial charge in [-0.05, 0) is 47.5 Å². The van der Waals surface area contributed by atoms with Crippen LogP contribution in [0, 0.1) is 6.92 Å². The molecule has 19 heavy (non-hydrogen) atoms. The van der Waals surface area contributed by atoms with E-state index in [0.29, 0.717) is 6.61 Å². The first kappa shape index (κ1) is 14.0. The molecule has 0 radical (unpaired) electrons. The summed E-state index contributed by atoms with van der Waals surface area (Å²) in [7, 11) is 0. The molecule has 1 N–H and O–H groups in total. The predicted molar refractivity (Wildman–Crippen MR) is 78.1 cm³/mol. The molecule has 0 aliphatic carbocycles. The average molecular weight is 322 g/mol. The van der Waals surface area contributed by atoms with Gasteiger partial charge in [0, 0.05) is 28.0 Å². The normalized spacial score (nSPS) is 12.2. The third kappa shape index (κ3) is 3.78. The standard InChI is InChI=1S/C15H16BrNO2/c1-10-3-4-14(11(2)18)15(5-10)19-9-12-6-13(16)8-17-7-12/h3-8,11,18H,9H2,1-2H3/t11-/m0/s1. The molecule has 0 bridgehead atoms. The van der Waals surface area contributed by atoms with Gasteiger partial charge in [0.05, 0.1) is 6.10 Å². The van der Waals surface area contributed by atoms with E-state index in [0.717, 1.165) is 26.9 Å². The van der Waals surface area contributed by atoms with Crippen LogP contribution < -0.4 is 4.74 Å². The smallest absolute Gasteiger partial charge is 0.125 e. The molecule has 1 atom stereocenters. The summed E-state index contributed by atoms with van der Waals surface area (Å²) < 4.78 is 6.72. The van der Waals surface area contributed by atoms with E-state index in [9.17, 15) is 5.11 Å². The molecule has 0 aliphatic rings. The molecule has 1 heterocycles. The second-order valence-electron chi connectivity index (χ2n) is 4.52. The molecule has 0 unspecified atom stereocenters. The van der Waals surface area contributed by atoms with E-state index in [-0.39, 0.29) is 0 Å². The Labute approximate surface area is 121 Å². The molecule has 0 saturated carbocycles. The summed E-state index contributed by atoms with van der Waals surface area (Å²) >= 11 is 3.38. The maximum Gasteiger partial charge on any atom is 0.125 e. The molecule has 0 spiro atoms. The van der Waals surface area contributed by atoms with Crippen molar-refractivity contribution in [2.45, 2.75) is 26.6 Å². The Bertz CT molecular complexity index is 570. The maximum absolute atomic E-state index is 9.74. The van der Waals surface area contributed by atoms with Crippen molar-refractivity contribution in [3.63, 3.8) is 0 Å². The first-order valence-electron chi connectivity index (χ1n) is 6.07. The van der Waals surface area contributed by atoms with Gasteiger partial charge in [0.2, 0.25) is 0 Å². The van der Waals surface area contributed by atoms with E-state index < -0.39 is 6.10 Å². The summed E-state index contributed by atoms with van der Waals surface area (Å²) in [6.45, 7) is 4.16. The predicted octanol–water partition coefficient (Wildman–Crippen LogP) is 3.78. The molecular formula is C15H16BrNO2. The summed E-state index contributed by atoms with van der Waals surface area (Å²) in [4.78, 5) is 4.10. The van der Waals surface area contributed by atoms with Gasteiger partial charge < -0.3 is 9.84 Å². The number of pyridine rings is 1. The molecule has 4 heteroatoms. The number of aromatic nitrogens is 1. The molecule has 0 aliphatic heterocycles. The molecular weight excluding hydrogens is 306 g/mol. The lowest BCUT2D eigenvalue weighted by Crippen LogP contribution is -2.01. The zero-order chi connectivity index (χ0) is 13.8. The van der Waals surface area contributed by atoms with Gasteiger partial charge in [-0.2, -0.15) is 0 Å². The van der Waals surface area contributed by atoms with E-state index in [2.05, 4.69) is 20.9 Å². The number of rotatable bonds is 4. The number of hydrogen-bond acceptors (Lipinski definition) is 3. The first-order chi connectivity index (χ1) is 9.06. The van der Waals surface area contributed by atoms with Gasteiger partial charge in [0.15, 0.2) is 0 Å². The largest absolute Gasteiger partial charge is 0.488 e. The minimum atomic E-state index is -0.545. The van der Waals surface area contributed by atoms with Crippen LogP contribution in [0.2, 0.25) is 0 Å². The Hall–Kier alpha value is -1.39. The maximum atomic E-state index is 9.74. The van der Waals surface area contributed by atoms with E-state index in [1.807, 2.05) is 31.2 Å². The first-order valence-corrected chi connectivity index (χ1v) is 6.86. The van der Waals surface area contributed by atoms with Crippen LogP contribution in [0.4, 0.5) is 0 Å². The Morgan fingerprint density at radius 2 is 2.11 bits per heavy atom. The van der Waals surface area contributed by atoms with E-state index in [1.165, 1.54) is 0 Å². The van der Waals surface area contributed by atoms with Crippen LogP contribution in [0.15, 0.2) is 41.1 Å². The van der Waals surface area contributed by atoms with Crippen molar-refractivity contribution in [3.05, 3.63) is 57.8 Å². The Balaban J connectivity index is 2.17. The van der Waals surface area contributed by atoms with Crippen LogP contribution in [0.5, 0.6) is 5.75 Å². The van der Waals surface area contributed by atoms with Gasteiger partial charge in [0.1, 0.15) is 12.4 Å². The second kappa shape index (κ2) is 6.17. The third-order valence-electron chi connectivity index (χ3n) is 2.78. The molecule has 2 aromatic rings. The molecule has 1 aromatic carbocycles. The average Bonchev–Trinajstić information content (AvgIpc) is 2.36. The van der Waals surface area contributed by atoms with Crippen LogP contribution in [0.25, 0.3) is 0 Å². The van der Waals surface area contributed by atoms with Crippen LogP contribution in [-0.2, 0) is 6.61 Å². The number of benzene rings is 1. The number of hydrogen-bond donors (Lipinski definition) is 1. The molecule has 0 amide bonds. The summed E-state index contributed by atoms with van der Waals surface area (Å²) in [6, 6.07) is 7.77. The van der Waals surface area contributed by atoms with Crippen molar-refractivity contribution in [3.8, 4) is 5.75 Å². The van der Waals surface area contributed by atoms with Crippen LogP contribution in [0.3, 0.4) is 0 Å². The topological polar surface area (TPSA) is 42.4 Å². The Morgan fingerprint density at radius 3 is 2.79 bits per heavy atom. The summed E-state index contributed by atoms with van der Waals surface area (Å²) in [5, 5.41) is 9.74. The van der Waals surface area contributed by atoms with Crippen molar-refractivity contribution in [1.82, 2.24) is 4.98 Å². The number of halogens is 1. The number of aliphatic hydroxyl groups is 1. The van der Waals surface area contributed by atoms with E-state index >= 15 is 0 Å². The van der Waals surface area contributed by atoms with Gasteiger partial charge in [-0.3, -0.25) is 4.98 Å². The van der Waals surface area contributed by atoms with Crippen LogP contribution >= 0.6 is 15.9 Å². The second-order valence-corrected chi connectivity index (χ2v) is 5.43. The summed E-state index contributed by atoms with van der Waals surface area (Å²) in [5.41, 5.74) is 2.88. The summed E-state index contributed by atoms with van der Waals surface area (Å²) in [6.07, 6.45) is 2.95. The fraction of sp³-hybridized carbons (Fsp3) is 0.267. The number of nitrogens with zero attached hydrogens (tertiary/aromatic N) is 1. The van der Waals surface area contributed by atoms with Crippen molar-refractivity contribution < 1.29 is 9.84 Å². The van der Waals surface area contributed by atoms with Gasteiger partial charge >= 0.3 is 0 Å². The summed E-state index contributed by atoms with van der Waals surface area (Å²) in [5.74, 6) is 0.718. The van der Waals surface area contributed by atoms with Gasteiger partial charge in [0.25, 0.3) is 0 Å². The molecule has 1 aromatic heterocycles. The minimum Gasteiger partial charge on any atom is -0.488 e. The van der Waals surface area contributed by atoms with Gasteiger partial charge in [-0.15, -0.1) is 0 Å². The fourth-order valence-electron chi connectivity index (χ4n) is 1.81. The molecule has 0 fully saturated rings. The zero-order valence-corrected chi connectivity index (χ0v) is 12.5. The Morgan fingerprint density at radius 1 is 1.32 bits per heavy atom. The van der Waals surface area contributed by atoms with Crippen LogP contribution in [-0.4, -0.2) is 10.1 Å². The molecule has 0 saturated heterocycles. The highest BCUT2D eigenvalue weighted by atomic mass is 79.9. The monoisotopic (exact) mass is 321 g/mol. The molecule has 100 valence electrons. The highest BCUT2D eigenvalue weighted by Crippen LogP contribution is 2.27. The fourth-order valence-corrected chi connectivity index (χ4v) is 2.22. The van der Waals surface area contributed by atoms with Gasteiger partial charge in [-0.25, -0.2) is 0 Å². The lowest BCUT2D eigenvalue weighted by molar-refractivity contribution is 0.190.